The average Bonchev–Trinajstić information content (AvgIpc) is 3.01. The number of hydrogen-bond donors (Lipinski definition) is 1. The van der Waals surface area contributed by atoms with E-state index in [1.807, 2.05) is 37.3 Å². The average molecular weight is 347 g/mol. The number of hydrogen-bond acceptors (Lipinski definition) is 4. The number of nitrogens with zero attached hydrogens (tertiary/aromatic N) is 2. The van der Waals surface area contributed by atoms with Crippen LogP contribution in [0.3, 0.4) is 0 Å². The second kappa shape index (κ2) is 7.73. The summed E-state index contributed by atoms with van der Waals surface area (Å²) in [7, 11) is 0. The van der Waals surface area contributed by atoms with Crippen molar-refractivity contribution < 1.29 is 4.79 Å². The van der Waals surface area contributed by atoms with E-state index in [4.69, 9.17) is 5.26 Å². The van der Waals surface area contributed by atoms with Crippen molar-refractivity contribution in [2.75, 3.05) is 0 Å². The minimum Gasteiger partial charge on any atom is -0.347 e. The fraction of sp³-hybridized carbons (Fsp3) is 0.150. The van der Waals surface area contributed by atoms with Crippen LogP contribution in [0.4, 0.5) is 0 Å². The molecule has 0 fully saturated rings. The third kappa shape index (κ3) is 4.31. The highest BCUT2D eigenvalue weighted by Crippen LogP contribution is 2.21. The van der Waals surface area contributed by atoms with Crippen molar-refractivity contribution in [3.05, 3.63) is 86.9 Å². The van der Waals surface area contributed by atoms with E-state index in [0.717, 1.165) is 22.7 Å². The van der Waals surface area contributed by atoms with Gasteiger partial charge in [0.2, 0.25) is 0 Å². The molecular formula is C20H17N3OS. The van der Waals surface area contributed by atoms with Crippen molar-refractivity contribution in [1.29, 1.82) is 5.26 Å². The van der Waals surface area contributed by atoms with Crippen molar-refractivity contribution in [2.45, 2.75) is 19.9 Å². The summed E-state index contributed by atoms with van der Waals surface area (Å²) in [5.74, 6) is -0.112. The van der Waals surface area contributed by atoms with Gasteiger partial charge in [0.1, 0.15) is 4.88 Å². The van der Waals surface area contributed by atoms with Crippen LogP contribution in [0.1, 0.15) is 37.1 Å². The molecule has 0 atom stereocenters. The smallest absolute Gasteiger partial charge is 0.263 e. The predicted octanol–water partition coefficient (Wildman–Crippen LogP) is 3.84. The van der Waals surface area contributed by atoms with E-state index >= 15 is 0 Å². The number of nitriles is 1. The quantitative estimate of drug-likeness (QED) is 0.762. The summed E-state index contributed by atoms with van der Waals surface area (Å²) in [6, 6.07) is 19.4. The monoisotopic (exact) mass is 347 g/mol. The second-order valence-corrected chi connectivity index (χ2v) is 6.76. The first kappa shape index (κ1) is 16.9. The molecule has 0 unspecified atom stereocenters. The van der Waals surface area contributed by atoms with Gasteiger partial charge < -0.3 is 5.32 Å². The molecule has 2 aromatic carbocycles. The third-order valence-corrected chi connectivity index (χ3v) is 4.94. The highest BCUT2D eigenvalue weighted by atomic mass is 32.1. The summed E-state index contributed by atoms with van der Waals surface area (Å²) in [6.45, 7) is 2.29. The van der Waals surface area contributed by atoms with Crippen molar-refractivity contribution in [1.82, 2.24) is 10.3 Å². The van der Waals surface area contributed by atoms with Crippen molar-refractivity contribution in [2.24, 2.45) is 0 Å². The summed E-state index contributed by atoms with van der Waals surface area (Å²) in [4.78, 5) is 17.6. The Bertz CT molecular complexity index is 908. The Balaban J connectivity index is 1.64. The molecule has 0 aliphatic rings. The molecule has 3 rings (SSSR count). The fourth-order valence-corrected chi connectivity index (χ4v) is 3.48. The molecule has 0 radical (unpaired) electrons. The minimum atomic E-state index is -0.112. The number of nitrogens with one attached hydrogen (secondary N) is 1. The summed E-state index contributed by atoms with van der Waals surface area (Å²) < 4.78 is 0. The molecule has 4 nitrogen and oxygen atoms in total. The molecular weight excluding hydrogens is 330 g/mol. The van der Waals surface area contributed by atoms with Gasteiger partial charge in [-0.2, -0.15) is 5.26 Å². The zero-order valence-corrected chi connectivity index (χ0v) is 14.6. The molecule has 0 aliphatic carbocycles. The van der Waals surface area contributed by atoms with Crippen LogP contribution < -0.4 is 5.32 Å². The van der Waals surface area contributed by atoms with Crippen LogP contribution in [0.25, 0.3) is 0 Å². The lowest BCUT2D eigenvalue weighted by Crippen LogP contribution is -2.22. The fourth-order valence-electron chi connectivity index (χ4n) is 2.47. The Morgan fingerprint density at radius 2 is 1.84 bits per heavy atom. The van der Waals surface area contributed by atoms with E-state index in [-0.39, 0.29) is 5.91 Å². The molecule has 0 bridgehead atoms. The van der Waals surface area contributed by atoms with Crippen molar-refractivity contribution in [3.63, 3.8) is 0 Å². The zero-order valence-electron chi connectivity index (χ0n) is 13.8. The van der Waals surface area contributed by atoms with Crippen LogP contribution in [0.15, 0.2) is 54.6 Å². The third-order valence-electron chi connectivity index (χ3n) is 3.78. The van der Waals surface area contributed by atoms with E-state index in [9.17, 15) is 4.79 Å². The first-order valence-electron chi connectivity index (χ1n) is 7.93. The van der Waals surface area contributed by atoms with Crippen LogP contribution >= 0.6 is 11.3 Å². The standard InChI is InChI=1S/C20H17N3OS/c1-14-19(25-18(23-14)11-15-5-3-2-4-6-15)20(24)22-13-17-9-7-16(12-21)8-10-17/h2-10H,11,13H2,1H3,(H,22,24). The Morgan fingerprint density at radius 1 is 1.12 bits per heavy atom. The maximum atomic E-state index is 12.4. The van der Waals surface area contributed by atoms with Crippen LogP contribution in [0.2, 0.25) is 0 Å². The lowest BCUT2D eigenvalue weighted by molar-refractivity contribution is 0.0954. The largest absolute Gasteiger partial charge is 0.347 e. The maximum absolute atomic E-state index is 12.4. The van der Waals surface area contributed by atoms with Gasteiger partial charge in [-0.1, -0.05) is 42.5 Å². The second-order valence-electron chi connectivity index (χ2n) is 5.68. The van der Waals surface area contributed by atoms with Crippen molar-refractivity contribution in [3.8, 4) is 6.07 Å². The molecule has 124 valence electrons. The molecule has 1 aromatic heterocycles. The van der Waals surface area contributed by atoms with Crippen LogP contribution in [0.5, 0.6) is 0 Å². The van der Waals surface area contributed by atoms with Gasteiger partial charge >= 0.3 is 0 Å². The summed E-state index contributed by atoms with van der Waals surface area (Å²) in [5, 5.41) is 12.7. The first-order valence-corrected chi connectivity index (χ1v) is 8.75. The Labute approximate surface area is 150 Å². The Morgan fingerprint density at radius 3 is 2.52 bits per heavy atom. The topological polar surface area (TPSA) is 65.8 Å². The van der Waals surface area contributed by atoms with Crippen LogP contribution in [-0.4, -0.2) is 10.9 Å². The van der Waals surface area contributed by atoms with E-state index in [1.54, 1.807) is 12.1 Å². The summed E-state index contributed by atoms with van der Waals surface area (Å²) >= 11 is 1.44. The van der Waals surface area contributed by atoms with E-state index in [2.05, 4.69) is 28.5 Å². The normalized spacial score (nSPS) is 10.2. The predicted molar refractivity (Wildman–Crippen MR) is 98.4 cm³/mol. The van der Waals surface area contributed by atoms with Gasteiger partial charge in [0.15, 0.2) is 0 Å². The summed E-state index contributed by atoms with van der Waals surface area (Å²) in [6.07, 6.45) is 0.731. The highest BCUT2D eigenvalue weighted by Gasteiger charge is 2.15. The zero-order chi connectivity index (χ0) is 17.6. The van der Waals surface area contributed by atoms with Gasteiger partial charge in [-0.05, 0) is 30.2 Å². The Kier molecular flexibility index (Phi) is 5.22. The molecule has 5 heteroatoms. The van der Waals surface area contributed by atoms with E-state index in [1.165, 1.54) is 16.9 Å². The number of thiazole rings is 1. The number of amides is 1. The first-order chi connectivity index (χ1) is 12.2. The van der Waals surface area contributed by atoms with Crippen molar-refractivity contribution >= 4 is 17.2 Å². The van der Waals surface area contributed by atoms with Gasteiger partial charge in [-0.25, -0.2) is 4.98 Å². The molecule has 1 N–H and O–H groups in total. The molecule has 0 saturated carbocycles. The molecule has 3 aromatic rings. The molecule has 1 amide bonds. The van der Waals surface area contributed by atoms with Gasteiger partial charge in [0.05, 0.1) is 22.3 Å². The lowest BCUT2D eigenvalue weighted by atomic mass is 10.1. The SMILES string of the molecule is Cc1nc(Cc2ccccc2)sc1C(=O)NCc1ccc(C#N)cc1. The molecule has 1 heterocycles. The molecule has 0 aliphatic heterocycles. The number of aromatic nitrogens is 1. The number of aryl methyl sites for hydroxylation is 1. The Hall–Kier alpha value is -2.97. The molecule has 25 heavy (non-hydrogen) atoms. The van der Waals surface area contributed by atoms with Crippen LogP contribution in [-0.2, 0) is 13.0 Å². The maximum Gasteiger partial charge on any atom is 0.263 e. The van der Waals surface area contributed by atoms with Gasteiger partial charge in [0.25, 0.3) is 5.91 Å². The van der Waals surface area contributed by atoms with Crippen LogP contribution in [0, 0.1) is 18.3 Å². The molecule has 0 spiro atoms. The van der Waals surface area contributed by atoms with Gasteiger partial charge in [-0.3, -0.25) is 4.79 Å². The minimum absolute atomic E-state index is 0.112. The number of carbonyl (C=O) groups is 1. The lowest BCUT2D eigenvalue weighted by Gasteiger charge is -2.04. The number of benzene rings is 2. The molecule has 0 saturated heterocycles. The number of carbonyl (C=O) groups excluding carboxylic acids is 1. The van der Waals surface area contributed by atoms with E-state index in [0.29, 0.717) is 17.0 Å². The summed E-state index contributed by atoms with van der Waals surface area (Å²) in [5.41, 5.74) is 3.51. The van der Waals surface area contributed by atoms with Gasteiger partial charge in [0, 0.05) is 13.0 Å². The van der Waals surface area contributed by atoms with E-state index < -0.39 is 0 Å². The van der Waals surface area contributed by atoms with Gasteiger partial charge in [-0.15, -0.1) is 11.3 Å². The highest BCUT2D eigenvalue weighted by molar-refractivity contribution is 7.13. The number of rotatable bonds is 5.